The quantitative estimate of drug-likeness (QED) is 0.332. The first kappa shape index (κ1) is 23.6. The second-order valence-corrected chi connectivity index (χ2v) is 8.34. The van der Waals surface area contributed by atoms with Gasteiger partial charge in [-0.3, -0.25) is 0 Å². The minimum Gasteiger partial charge on any atom is -0.489 e. The molecule has 0 aliphatic heterocycles. The molecule has 1 N–H and O–H groups in total. The number of hydrogen-bond donors (Lipinski definition) is 1. The molecule has 1 heterocycles. The van der Waals surface area contributed by atoms with E-state index in [0.29, 0.717) is 18.9 Å². The number of aromatic nitrogens is 1. The zero-order valence-electron chi connectivity index (χ0n) is 19.7. The molecule has 0 saturated heterocycles. The third-order valence-electron chi connectivity index (χ3n) is 6.02. The molecule has 0 aliphatic rings. The second-order valence-electron chi connectivity index (χ2n) is 8.34. The molecule has 0 radical (unpaired) electrons. The van der Waals surface area contributed by atoms with Gasteiger partial charge in [-0.2, -0.15) is 0 Å². The highest BCUT2D eigenvalue weighted by atomic mass is 16.5. The number of aryl methyl sites for hydroxylation is 1. The molecule has 32 heavy (non-hydrogen) atoms. The van der Waals surface area contributed by atoms with Gasteiger partial charge >= 0.3 is 5.97 Å². The van der Waals surface area contributed by atoms with E-state index in [1.165, 1.54) is 5.56 Å². The van der Waals surface area contributed by atoms with E-state index >= 15 is 0 Å². The summed E-state index contributed by atoms with van der Waals surface area (Å²) in [7, 11) is 0. The molecule has 3 rings (SSSR count). The van der Waals surface area contributed by atoms with Crippen molar-refractivity contribution in [2.24, 2.45) is 0 Å². The normalized spacial score (nSPS) is 11.4. The molecule has 0 spiro atoms. The summed E-state index contributed by atoms with van der Waals surface area (Å²) in [5, 5.41) is 0. The third-order valence-corrected chi connectivity index (χ3v) is 6.02. The molecule has 0 aliphatic carbocycles. The van der Waals surface area contributed by atoms with Crippen LogP contribution >= 0.6 is 0 Å². The average Bonchev–Trinajstić information content (AvgIpc) is 3.30. The molecule has 0 bridgehead atoms. The Morgan fingerprint density at radius 1 is 0.938 bits per heavy atom. The summed E-state index contributed by atoms with van der Waals surface area (Å²) in [5.74, 6) is 0.597. The zero-order valence-corrected chi connectivity index (χ0v) is 19.7. The predicted molar refractivity (Wildman–Crippen MR) is 129 cm³/mol. The molecule has 4 heteroatoms. The van der Waals surface area contributed by atoms with Crippen molar-refractivity contribution in [2.75, 3.05) is 6.61 Å². The minimum atomic E-state index is -0.304. The molecule has 3 aromatic rings. The maximum absolute atomic E-state index is 12.3. The third kappa shape index (κ3) is 5.24. The number of carbonyl (C=O) groups excluding carboxylic acids is 1. The fourth-order valence-corrected chi connectivity index (χ4v) is 4.54. The molecule has 2 aromatic carbocycles. The van der Waals surface area contributed by atoms with Gasteiger partial charge in [0.15, 0.2) is 0 Å². The predicted octanol–water partition coefficient (Wildman–Crippen LogP) is 6.97. The van der Waals surface area contributed by atoms with Crippen molar-refractivity contribution in [3.05, 3.63) is 88.7 Å². The van der Waals surface area contributed by atoms with Crippen molar-refractivity contribution in [2.45, 2.75) is 65.4 Å². The molecule has 1 aromatic heterocycles. The molecule has 0 unspecified atom stereocenters. The first-order valence-electron chi connectivity index (χ1n) is 11.7. The van der Waals surface area contributed by atoms with Crippen LogP contribution in [0.4, 0.5) is 0 Å². The lowest BCUT2D eigenvalue weighted by Gasteiger charge is -2.34. The van der Waals surface area contributed by atoms with E-state index < -0.39 is 0 Å². The molecule has 0 amide bonds. The lowest BCUT2D eigenvalue weighted by molar-refractivity contribution is 0.0520. The van der Waals surface area contributed by atoms with Gasteiger partial charge < -0.3 is 14.5 Å². The Bertz CT molecular complexity index is 1000. The lowest BCUT2D eigenvalue weighted by atomic mass is 9.70. The Morgan fingerprint density at radius 2 is 1.66 bits per heavy atom. The van der Waals surface area contributed by atoms with Gasteiger partial charge in [-0.05, 0) is 61.6 Å². The number of esters is 1. The monoisotopic (exact) mass is 433 g/mol. The van der Waals surface area contributed by atoms with Gasteiger partial charge in [0.1, 0.15) is 18.1 Å². The van der Waals surface area contributed by atoms with Crippen molar-refractivity contribution in [3.63, 3.8) is 0 Å². The first-order valence-corrected chi connectivity index (χ1v) is 11.7. The van der Waals surface area contributed by atoms with Gasteiger partial charge in [-0.1, -0.05) is 69.2 Å². The second kappa shape index (κ2) is 11.0. The Morgan fingerprint density at radius 3 is 2.28 bits per heavy atom. The molecular weight excluding hydrogens is 398 g/mol. The fourth-order valence-electron chi connectivity index (χ4n) is 4.54. The summed E-state index contributed by atoms with van der Waals surface area (Å²) in [6.45, 7) is 9.27. The van der Waals surface area contributed by atoms with Crippen molar-refractivity contribution >= 4 is 5.97 Å². The maximum atomic E-state index is 12.3. The molecule has 170 valence electrons. The van der Waals surface area contributed by atoms with Gasteiger partial charge in [0.05, 0.1) is 6.61 Å². The van der Waals surface area contributed by atoms with Crippen LogP contribution in [0.1, 0.15) is 79.3 Å². The first-order chi connectivity index (χ1) is 15.5. The van der Waals surface area contributed by atoms with Crippen LogP contribution in [0.2, 0.25) is 0 Å². The summed E-state index contributed by atoms with van der Waals surface area (Å²) in [4.78, 5) is 15.6. The largest absolute Gasteiger partial charge is 0.489 e. The number of aromatic amines is 1. The van der Waals surface area contributed by atoms with Crippen LogP contribution in [-0.4, -0.2) is 17.6 Å². The number of ether oxygens (including phenoxy) is 2. The number of benzene rings is 2. The highest BCUT2D eigenvalue weighted by Gasteiger charge is 2.35. The number of carbonyl (C=O) groups is 1. The number of H-pyrrole nitrogens is 1. The lowest BCUT2D eigenvalue weighted by Crippen LogP contribution is -2.28. The van der Waals surface area contributed by atoms with Gasteiger partial charge in [-0.25, -0.2) is 4.79 Å². The van der Waals surface area contributed by atoms with Gasteiger partial charge in [-0.15, -0.1) is 0 Å². The Labute approximate surface area is 192 Å². The van der Waals surface area contributed by atoms with Crippen LogP contribution in [0, 0.1) is 6.92 Å². The van der Waals surface area contributed by atoms with Gasteiger partial charge in [0.2, 0.25) is 0 Å². The maximum Gasteiger partial charge on any atom is 0.354 e. The Balaban J connectivity index is 1.93. The van der Waals surface area contributed by atoms with Crippen LogP contribution in [0.5, 0.6) is 5.75 Å². The van der Waals surface area contributed by atoms with E-state index in [0.717, 1.165) is 48.3 Å². The zero-order chi connectivity index (χ0) is 23.0. The van der Waals surface area contributed by atoms with Crippen LogP contribution in [0.3, 0.4) is 0 Å². The summed E-state index contributed by atoms with van der Waals surface area (Å²) in [6.07, 6.45) is 4.07. The van der Waals surface area contributed by atoms with E-state index in [2.05, 4.69) is 56.1 Å². The van der Waals surface area contributed by atoms with Gasteiger partial charge in [0.25, 0.3) is 0 Å². The van der Waals surface area contributed by atoms with Crippen molar-refractivity contribution in [1.82, 2.24) is 4.98 Å². The van der Waals surface area contributed by atoms with Crippen LogP contribution in [0.25, 0.3) is 0 Å². The summed E-state index contributed by atoms with van der Waals surface area (Å²) < 4.78 is 11.3. The van der Waals surface area contributed by atoms with Crippen molar-refractivity contribution in [1.29, 1.82) is 0 Å². The van der Waals surface area contributed by atoms with Crippen molar-refractivity contribution in [3.8, 4) is 5.75 Å². The van der Waals surface area contributed by atoms with Crippen LogP contribution in [0.15, 0.2) is 60.7 Å². The highest BCUT2D eigenvalue weighted by Crippen LogP contribution is 2.42. The van der Waals surface area contributed by atoms with Gasteiger partial charge in [0, 0.05) is 11.1 Å². The molecule has 0 atom stereocenters. The fraction of sp³-hybridized carbons (Fsp3) is 0.393. The van der Waals surface area contributed by atoms with Crippen LogP contribution in [-0.2, 0) is 16.8 Å². The summed E-state index contributed by atoms with van der Waals surface area (Å²) in [6, 6.07) is 20.6. The summed E-state index contributed by atoms with van der Waals surface area (Å²) in [5.41, 5.74) is 4.92. The summed E-state index contributed by atoms with van der Waals surface area (Å²) >= 11 is 0. The topological polar surface area (TPSA) is 51.3 Å². The Kier molecular flexibility index (Phi) is 8.15. The molecular formula is C28H35NO3. The van der Waals surface area contributed by atoms with E-state index in [1.54, 1.807) is 0 Å². The number of nitrogens with one attached hydrogen (secondary N) is 1. The van der Waals surface area contributed by atoms with Crippen molar-refractivity contribution < 1.29 is 14.3 Å². The van der Waals surface area contributed by atoms with Crippen LogP contribution < -0.4 is 4.74 Å². The molecule has 0 fully saturated rings. The molecule has 4 nitrogen and oxygen atoms in total. The Hall–Kier alpha value is -3.01. The average molecular weight is 434 g/mol. The highest BCUT2D eigenvalue weighted by molar-refractivity contribution is 5.87. The number of hydrogen-bond acceptors (Lipinski definition) is 3. The minimum absolute atomic E-state index is 0.184. The van der Waals surface area contributed by atoms with E-state index in [9.17, 15) is 4.79 Å². The smallest absolute Gasteiger partial charge is 0.354 e. The van der Waals surface area contributed by atoms with E-state index in [4.69, 9.17) is 9.47 Å². The van der Waals surface area contributed by atoms with E-state index in [-0.39, 0.29) is 11.4 Å². The molecule has 0 saturated carbocycles. The SMILES string of the molecule is CCCC(CCC)(c1ccc(OCc2ccccc2)c(C)c1)c1ccc(C(=O)OCC)[nH]1. The number of rotatable bonds is 11. The standard InChI is InChI=1S/C28H35NO3/c1-5-17-28(18-6-2,26-16-14-24(29-26)27(30)31-7-3)23-13-15-25(21(4)19-23)32-20-22-11-9-8-10-12-22/h8-16,19,29H,5-7,17-18,20H2,1-4H3. The van der Waals surface area contributed by atoms with E-state index in [1.807, 2.05) is 37.3 Å².